The average molecular weight is 326 g/mol. The Balaban J connectivity index is 2.35. The summed E-state index contributed by atoms with van der Waals surface area (Å²) in [4.78, 5) is 4.53. The van der Waals surface area contributed by atoms with Crippen LogP contribution < -0.4 is 0 Å². The molecule has 0 unspecified atom stereocenters. The van der Waals surface area contributed by atoms with Crippen LogP contribution >= 0.6 is 34.8 Å². The molecule has 0 aliphatic carbocycles. The number of nitrogens with zero attached hydrogens (tertiary/aromatic N) is 2. The molecule has 0 saturated heterocycles. The maximum atomic E-state index is 6.12. The summed E-state index contributed by atoms with van der Waals surface area (Å²) in [6.07, 6.45) is 0. The molecular weight excluding hydrogens is 315 g/mol. The quantitative estimate of drug-likeness (QED) is 0.578. The van der Waals surface area contributed by atoms with E-state index in [0.717, 1.165) is 22.5 Å². The van der Waals surface area contributed by atoms with Crippen molar-refractivity contribution in [2.24, 2.45) is 0 Å². The van der Waals surface area contributed by atoms with Crippen molar-refractivity contribution in [2.75, 3.05) is 0 Å². The van der Waals surface area contributed by atoms with Crippen molar-refractivity contribution in [1.29, 1.82) is 0 Å². The lowest BCUT2D eigenvalue weighted by molar-refractivity contribution is 0.980. The van der Waals surface area contributed by atoms with Crippen molar-refractivity contribution in [2.45, 2.75) is 12.8 Å². The Morgan fingerprint density at radius 2 is 1.85 bits per heavy atom. The number of hydrogen-bond donors (Lipinski definition) is 0. The Morgan fingerprint density at radius 1 is 1.10 bits per heavy atom. The topological polar surface area (TPSA) is 17.8 Å². The largest absolute Gasteiger partial charge is 0.295 e. The van der Waals surface area contributed by atoms with Crippen LogP contribution in [0.25, 0.3) is 16.7 Å². The molecule has 0 fully saturated rings. The molecule has 2 nitrogen and oxygen atoms in total. The SMILES string of the molecule is Cc1cccc(-n2c(CCl)nc3cc(Cl)c(Cl)cc32)c1. The molecule has 20 heavy (non-hydrogen) atoms. The Bertz CT molecular complexity index is 793. The van der Waals surface area contributed by atoms with E-state index in [1.165, 1.54) is 5.56 Å². The fourth-order valence-corrected chi connectivity index (χ4v) is 2.76. The minimum Gasteiger partial charge on any atom is -0.295 e. The highest BCUT2D eigenvalue weighted by Crippen LogP contribution is 2.30. The van der Waals surface area contributed by atoms with E-state index in [1.807, 2.05) is 35.8 Å². The van der Waals surface area contributed by atoms with Gasteiger partial charge in [0.2, 0.25) is 0 Å². The summed E-state index contributed by atoms with van der Waals surface area (Å²) in [6.45, 7) is 2.05. The van der Waals surface area contributed by atoms with Crippen molar-refractivity contribution < 1.29 is 0 Å². The molecule has 0 atom stereocenters. The van der Waals surface area contributed by atoms with Crippen LogP contribution in [0.2, 0.25) is 10.0 Å². The van der Waals surface area contributed by atoms with Gasteiger partial charge in [-0.3, -0.25) is 4.57 Å². The first kappa shape index (κ1) is 13.7. The van der Waals surface area contributed by atoms with Crippen LogP contribution in [0.3, 0.4) is 0 Å². The summed E-state index contributed by atoms with van der Waals surface area (Å²) >= 11 is 18.2. The smallest absolute Gasteiger partial charge is 0.129 e. The van der Waals surface area contributed by atoms with Crippen LogP contribution in [-0.2, 0) is 5.88 Å². The van der Waals surface area contributed by atoms with E-state index in [-0.39, 0.29) is 0 Å². The van der Waals surface area contributed by atoms with E-state index in [4.69, 9.17) is 34.8 Å². The molecular formula is C15H11Cl3N2. The summed E-state index contributed by atoms with van der Waals surface area (Å²) in [5, 5.41) is 1.00. The van der Waals surface area contributed by atoms with Gasteiger partial charge in [-0.2, -0.15) is 0 Å². The fraction of sp³-hybridized carbons (Fsp3) is 0.133. The van der Waals surface area contributed by atoms with E-state index in [0.29, 0.717) is 15.9 Å². The van der Waals surface area contributed by atoms with E-state index in [1.54, 1.807) is 6.07 Å². The van der Waals surface area contributed by atoms with Gasteiger partial charge in [0.25, 0.3) is 0 Å². The maximum Gasteiger partial charge on any atom is 0.129 e. The maximum absolute atomic E-state index is 6.12. The zero-order valence-electron chi connectivity index (χ0n) is 10.7. The van der Waals surface area contributed by atoms with Gasteiger partial charge in [0.05, 0.1) is 27.0 Å². The molecule has 0 amide bonds. The van der Waals surface area contributed by atoms with Crippen molar-refractivity contribution in [3.8, 4) is 5.69 Å². The zero-order chi connectivity index (χ0) is 14.3. The number of imidazole rings is 1. The van der Waals surface area contributed by atoms with Gasteiger partial charge >= 0.3 is 0 Å². The number of rotatable bonds is 2. The summed E-state index contributed by atoms with van der Waals surface area (Å²) in [5.41, 5.74) is 3.88. The summed E-state index contributed by atoms with van der Waals surface area (Å²) < 4.78 is 2.01. The number of halogens is 3. The van der Waals surface area contributed by atoms with Gasteiger partial charge in [0.15, 0.2) is 0 Å². The Hall–Kier alpha value is -1.22. The predicted molar refractivity (Wildman–Crippen MR) is 85.4 cm³/mol. The van der Waals surface area contributed by atoms with Crippen LogP contribution in [0.4, 0.5) is 0 Å². The monoisotopic (exact) mass is 324 g/mol. The van der Waals surface area contributed by atoms with Crippen molar-refractivity contribution in [1.82, 2.24) is 9.55 Å². The molecule has 5 heteroatoms. The van der Waals surface area contributed by atoms with Crippen LogP contribution in [-0.4, -0.2) is 9.55 Å². The number of fused-ring (bicyclic) bond motifs is 1. The number of aryl methyl sites for hydroxylation is 1. The first-order valence-corrected chi connectivity index (χ1v) is 7.38. The van der Waals surface area contributed by atoms with Gasteiger partial charge < -0.3 is 0 Å². The van der Waals surface area contributed by atoms with Crippen LogP contribution in [0.5, 0.6) is 0 Å². The third-order valence-corrected chi connectivity index (χ3v) is 4.11. The second-order valence-corrected chi connectivity index (χ2v) is 5.67. The molecule has 0 saturated carbocycles. The number of benzene rings is 2. The van der Waals surface area contributed by atoms with Gasteiger partial charge in [-0.05, 0) is 36.8 Å². The lowest BCUT2D eigenvalue weighted by Crippen LogP contribution is -1.99. The van der Waals surface area contributed by atoms with Crippen molar-refractivity contribution in [3.63, 3.8) is 0 Å². The highest BCUT2D eigenvalue weighted by molar-refractivity contribution is 6.42. The summed E-state index contributed by atoms with van der Waals surface area (Å²) in [7, 11) is 0. The Morgan fingerprint density at radius 3 is 2.55 bits per heavy atom. The second-order valence-electron chi connectivity index (χ2n) is 4.59. The van der Waals surface area contributed by atoms with Gasteiger partial charge in [-0.15, -0.1) is 11.6 Å². The molecule has 2 aromatic carbocycles. The zero-order valence-corrected chi connectivity index (χ0v) is 13.0. The molecule has 1 aromatic heterocycles. The van der Waals surface area contributed by atoms with Crippen LogP contribution in [0.15, 0.2) is 36.4 Å². The normalized spacial score (nSPS) is 11.2. The van der Waals surface area contributed by atoms with Crippen molar-refractivity contribution in [3.05, 3.63) is 57.8 Å². The minimum absolute atomic E-state index is 0.317. The number of hydrogen-bond acceptors (Lipinski definition) is 1. The van der Waals surface area contributed by atoms with E-state index >= 15 is 0 Å². The molecule has 0 N–H and O–H groups in total. The second kappa shape index (κ2) is 5.28. The Labute approximate surface area is 131 Å². The van der Waals surface area contributed by atoms with Gasteiger partial charge in [-0.1, -0.05) is 35.3 Å². The van der Waals surface area contributed by atoms with Gasteiger partial charge in [-0.25, -0.2) is 4.98 Å². The van der Waals surface area contributed by atoms with Crippen LogP contribution in [0.1, 0.15) is 11.4 Å². The molecule has 3 aromatic rings. The highest BCUT2D eigenvalue weighted by Gasteiger charge is 2.14. The van der Waals surface area contributed by atoms with E-state index in [2.05, 4.69) is 11.1 Å². The van der Waals surface area contributed by atoms with Crippen molar-refractivity contribution >= 4 is 45.8 Å². The highest BCUT2D eigenvalue weighted by atomic mass is 35.5. The molecule has 3 rings (SSSR count). The Kier molecular flexibility index (Phi) is 3.63. The predicted octanol–water partition coefficient (Wildman–Crippen LogP) is 5.38. The molecule has 0 radical (unpaired) electrons. The molecule has 0 aliphatic heterocycles. The first-order valence-electron chi connectivity index (χ1n) is 6.09. The molecule has 0 spiro atoms. The molecule has 102 valence electrons. The lowest BCUT2D eigenvalue weighted by atomic mass is 10.2. The van der Waals surface area contributed by atoms with E-state index in [9.17, 15) is 0 Å². The third-order valence-electron chi connectivity index (χ3n) is 3.15. The minimum atomic E-state index is 0.317. The van der Waals surface area contributed by atoms with Gasteiger partial charge in [0.1, 0.15) is 5.82 Å². The average Bonchev–Trinajstić information content (AvgIpc) is 2.77. The lowest BCUT2D eigenvalue weighted by Gasteiger charge is -2.09. The fourth-order valence-electron chi connectivity index (χ4n) is 2.27. The number of alkyl halides is 1. The molecule has 0 bridgehead atoms. The number of aromatic nitrogens is 2. The molecule has 1 heterocycles. The standard InChI is InChI=1S/C15H11Cl3N2/c1-9-3-2-4-10(5-9)20-14-7-12(18)11(17)6-13(14)19-15(20)8-16/h2-7H,8H2,1H3. The van der Waals surface area contributed by atoms with Crippen LogP contribution in [0, 0.1) is 6.92 Å². The van der Waals surface area contributed by atoms with E-state index < -0.39 is 0 Å². The summed E-state index contributed by atoms with van der Waals surface area (Å²) in [5.74, 6) is 1.09. The third kappa shape index (κ3) is 2.28. The first-order chi connectivity index (χ1) is 9.60. The van der Waals surface area contributed by atoms with Gasteiger partial charge in [0, 0.05) is 5.69 Å². The molecule has 0 aliphatic rings. The summed E-state index contributed by atoms with van der Waals surface area (Å²) in [6, 6.07) is 11.7.